The summed E-state index contributed by atoms with van der Waals surface area (Å²) in [6, 6.07) is 0. The van der Waals surface area contributed by atoms with E-state index in [-0.39, 0.29) is 0 Å². The lowest BCUT2D eigenvalue weighted by Crippen LogP contribution is -2.52. The predicted molar refractivity (Wildman–Crippen MR) is 116 cm³/mol. The highest BCUT2D eigenvalue weighted by molar-refractivity contribution is 7.09. The fraction of sp³-hybridized carbons (Fsp3) is 0.850. The van der Waals surface area contributed by atoms with Gasteiger partial charge in [-0.1, -0.05) is 19.8 Å². The summed E-state index contributed by atoms with van der Waals surface area (Å²) in [6.45, 7) is 10.8. The van der Waals surface area contributed by atoms with Crippen molar-refractivity contribution in [3.8, 4) is 0 Å². The molecule has 0 spiro atoms. The average molecular weight is 409 g/mol. The van der Waals surface area contributed by atoms with Crippen molar-refractivity contribution >= 4 is 22.6 Å². The lowest BCUT2D eigenvalue weighted by atomic mass is 9.83. The number of methoxy groups -OCH3 is 1. The van der Waals surface area contributed by atoms with Crippen molar-refractivity contribution in [2.75, 3.05) is 57.9 Å². The molecule has 1 aromatic heterocycles. The Bertz CT molecular complexity index is 620. The summed E-state index contributed by atoms with van der Waals surface area (Å²) in [7, 11) is 1.80. The molecule has 3 rings (SSSR count). The molecule has 0 bridgehead atoms. The van der Waals surface area contributed by atoms with Crippen molar-refractivity contribution in [1.29, 1.82) is 0 Å². The molecule has 0 unspecified atom stereocenters. The van der Waals surface area contributed by atoms with Gasteiger partial charge >= 0.3 is 0 Å². The van der Waals surface area contributed by atoms with Crippen molar-refractivity contribution in [2.45, 2.75) is 52.4 Å². The number of aliphatic imine (C=N–C) groups is 1. The highest BCUT2D eigenvalue weighted by Crippen LogP contribution is 2.41. The van der Waals surface area contributed by atoms with Gasteiger partial charge in [-0.2, -0.15) is 4.37 Å². The number of guanidine groups is 1. The van der Waals surface area contributed by atoms with Crippen molar-refractivity contribution in [3.63, 3.8) is 0 Å². The van der Waals surface area contributed by atoms with Gasteiger partial charge in [-0.3, -0.25) is 4.99 Å². The highest BCUT2D eigenvalue weighted by Gasteiger charge is 2.33. The SMILES string of the molecule is CCNC(=NCC1(CCOC)CCCC1)N1CCN(c2nc(CC)ns2)CC1. The monoisotopic (exact) mass is 408 g/mol. The zero-order valence-electron chi connectivity index (χ0n) is 17.7. The maximum Gasteiger partial charge on any atom is 0.205 e. The largest absolute Gasteiger partial charge is 0.385 e. The third-order valence-corrected chi connectivity index (χ3v) is 6.84. The van der Waals surface area contributed by atoms with E-state index in [1.807, 2.05) is 0 Å². The fourth-order valence-corrected chi connectivity index (χ4v) is 5.03. The van der Waals surface area contributed by atoms with Crippen LogP contribution >= 0.6 is 11.5 Å². The lowest BCUT2D eigenvalue weighted by Gasteiger charge is -2.37. The Morgan fingerprint density at radius 3 is 2.57 bits per heavy atom. The summed E-state index contributed by atoms with van der Waals surface area (Å²) in [4.78, 5) is 14.5. The van der Waals surface area contributed by atoms with Crippen LogP contribution in [0.1, 0.15) is 51.8 Å². The first-order chi connectivity index (χ1) is 13.7. The third kappa shape index (κ3) is 5.35. The van der Waals surface area contributed by atoms with Crippen molar-refractivity contribution in [3.05, 3.63) is 5.82 Å². The van der Waals surface area contributed by atoms with E-state index in [9.17, 15) is 0 Å². The summed E-state index contributed by atoms with van der Waals surface area (Å²) < 4.78 is 9.80. The maximum absolute atomic E-state index is 5.37. The highest BCUT2D eigenvalue weighted by atomic mass is 32.1. The van der Waals surface area contributed by atoms with Crippen LogP contribution in [0.2, 0.25) is 0 Å². The second-order valence-corrected chi connectivity index (χ2v) is 8.67. The number of nitrogens with one attached hydrogen (secondary N) is 1. The number of anilines is 1. The second kappa shape index (κ2) is 10.4. The van der Waals surface area contributed by atoms with Gasteiger partial charge in [0.05, 0.1) is 0 Å². The van der Waals surface area contributed by atoms with Gasteiger partial charge in [0.15, 0.2) is 5.96 Å². The molecular weight excluding hydrogens is 372 g/mol. The molecule has 7 nitrogen and oxygen atoms in total. The Balaban J connectivity index is 1.60. The third-order valence-electron chi connectivity index (χ3n) is 6.02. The summed E-state index contributed by atoms with van der Waals surface area (Å²) in [5.41, 5.74) is 0.335. The molecule has 1 aliphatic heterocycles. The number of nitrogens with zero attached hydrogens (tertiary/aromatic N) is 5. The van der Waals surface area contributed by atoms with Crippen LogP contribution in [-0.4, -0.2) is 73.2 Å². The van der Waals surface area contributed by atoms with Crippen LogP contribution in [0.5, 0.6) is 0 Å². The van der Waals surface area contributed by atoms with E-state index in [4.69, 9.17) is 9.73 Å². The Morgan fingerprint density at radius 1 is 1.21 bits per heavy atom. The molecule has 0 amide bonds. The first-order valence-corrected chi connectivity index (χ1v) is 11.6. The molecule has 1 saturated heterocycles. The van der Waals surface area contributed by atoms with Gasteiger partial charge in [0.25, 0.3) is 0 Å². The molecular formula is C20H36N6OS. The van der Waals surface area contributed by atoms with Crippen LogP contribution in [0.25, 0.3) is 0 Å². The number of aromatic nitrogens is 2. The summed E-state index contributed by atoms with van der Waals surface area (Å²) in [6.07, 6.45) is 7.25. The molecule has 2 aliphatic rings. The minimum Gasteiger partial charge on any atom is -0.385 e. The zero-order chi connectivity index (χ0) is 19.8. The average Bonchev–Trinajstić information content (AvgIpc) is 3.40. The van der Waals surface area contributed by atoms with Crippen LogP contribution in [0.3, 0.4) is 0 Å². The van der Waals surface area contributed by atoms with Gasteiger partial charge in [-0.15, -0.1) is 0 Å². The topological polar surface area (TPSA) is 65.9 Å². The zero-order valence-corrected chi connectivity index (χ0v) is 18.6. The smallest absolute Gasteiger partial charge is 0.205 e. The van der Waals surface area contributed by atoms with E-state index in [0.717, 1.165) is 75.6 Å². The molecule has 28 heavy (non-hydrogen) atoms. The number of hydrogen-bond acceptors (Lipinski definition) is 6. The van der Waals surface area contributed by atoms with E-state index >= 15 is 0 Å². The quantitative estimate of drug-likeness (QED) is 0.527. The van der Waals surface area contributed by atoms with Crippen LogP contribution in [-0.2, 0) is 11.2 Å². The van der Waals surface area contributed by atoms with Gasteiger partial charge in [0.1, 0.15) is 5.82 Å². The molecule has 0 atom stereocenters. The van der Waals surface area contributed by atoms with E-state index in [1.54, 1.807) is 7.11 Å². The number of rotatable bonds is 8. The molecule has 2 fully saturated rings. The molecule has 0 aromatic carbocycles. The van der Waals surface area contributed by atoms with Crippen molar-refractivity contribution in [2.24, 2.45) is 10.4 Å². The van der Waals surface area contributed by atoms with Crippen LogP contribution < -0.4 is 10.2 Å². The van der Waals surface area contributed by atoms with Gasteiger partial charge in [0, 0.05) is 70.9 Å². The fourth-order valence-electron chi connectivity index (χ4n) is 4.23. The van der Waals surface area contributed by atoms with E-state index in [2.05, 4.69) is 38.3 Å². The van der Waals surface area contributed by atoms with Gasteiger partial charge < -0.3 is 19.9 Å². The lowest BCUT2D eigenvalue weighted by molar-refractivity contribution is 0.141. The molecule has 0 radical (unpaired) electrons. The number of hydrogen-bond donors (Lipinski definition) is 1. The molecule has 1 aliphatic carbocycles. The standard InChI is InChI=1S/C20H36N6OS/c1-4-17-23-19(28-24-17)26-13-11-25(12-14-26)18(21-5-2)22-16-20(10-15-27-3)8-6-7-9-20/h4-16H2,1-3H3,(H,21,22). The van der Waals surface area contributed by atoms with Crippen LogP contribution in [0, 0.1) is 5.41 Å². The summed E-state index contributed by atoms with van der Waals surface area (Å²) in [5.74, 6) is 2.02. The van der Waals surface area contributed by atoms with E-state index < -0.39 is 0 Å². The Morgan fingerprint density at radius 2 is 1.96 bits per heavy atom. The minimum absolute atomic E-state index is 0.335. The van der Waals surface area contributed by atoms with Crippen LogP contribution in [0.15, 0.2) is 4.99 Å². The maximum atomic E-state index is 5.37. The Kier molecular flexibility index (Phi) is 7.91. The van der Waals surface area contributed by atoms with Gasteiger partial charge in [-0.05, 0) is 31.6 Å². The predicted octanol–water partition coefficient (Wildman–Crippen LogP) is 2.78. The first kappa shape index (κ1) is 21.3. The molecule has 158 valence electrons. The number of aryl methyl sites for hydroxylation is 1. The Hall–Kier alpha value is -1.41. The van der Waals surface area contributed by atoms with Crippen molar-refractivity contribution in [1.82, 2.24) is 19.6 Å². The minimum atomic E-state index is 0.335. The van der Waals surface area contributed by atoms with Crippen LogP contribution in [0.4, 0.5) is 5.13 Å². The van der Waals surface area contributed by atoms with Gasteiger partial charge in [-0.25, -0.2) is 4.98 Å². The first-order valence-electron chi connectivity index (χ1n) is 10.8. The van der Waals surface area contributed by atoms with E-state index in [1.165, 1.54) is 37.2 Å². The second-order valence-electron chi connectivity index (χ2n) is 7.94. The molecule has 1 N–H and O–H groups in total. The molecule has 1 saturated carbocycles. The number of ether oxygens (including phenoxy) is 1. The van der Waals surface area contributed by atoms with Gasteiger partial charge in [0.2, 0.25) is 5.13 Å². The summed E-state index contributed by atoms with van der Waals surface area (Å²) in [5, 5.41) is 4.58. The van der Waals surface area contributed by atoms with E-state index in [0.29, 0.717) is 5.41 Å². The molecule has 8 heteroatoms. The van der Waals surface area contributed by atoms with Crippen molar-refractivity contribution < 1.29 is 4.74 Å². The molecule has 2 heterocycles. The Labute approximate surface area is 173 Å². The molecule has 1 aromatic rings. The normalized spacial score (nSPS) is 20.0. The summed E-state index contributed by atoms with van der Waals surface area (Å²) >= 11 is 1.52. The number of piperazine rings is 1.